The number of nitrogens with zero attached hydrogens (tertiary/aromatic N) is 5. The van der Waals surface area contributed by atoms with E-state index in [1.54, 1.807) is 12.4 Å². The highest BCUT2D eigenvalue weighted by molar-refractivity contribution is 5.40. The lowest BCUT2D eigenvalue weighted by molar-refractivity contribution is 0.940. The zero-order chi connectivity index (χ0) is 13.0. The molecule has 0 unspecified atom stereocenters. The van der Waals surface area contributed by atoms with Gasteiger partial charge in [-0.1, -0.05) is 0 Å². The van der Waals surface area contributed by atoms with Crippen molar-refractivity contribution in [2.45, 2.75) is 13.5 Å². The monoisotopic (exact) mass is 244 g/mol. The zero-order valence-corrected chi connectivity index (χ0v) is 10.8. The fraction of sp³-hybridized carbons (Fsp3) is 0.333. The summed E-state index contributed by atoms with van der Waals surface area (Å²) in [5.41, 5.74) is 0.938. The van der Waals surface area contributed by atoms with E-state index in [2.05, 4.69) is 25.3 Å². The van der Waals surface area contributed by atoms with Crippen LogP contribution in [0.1, 0.15) is 11.5 Å². The van der Waals surface area contributed by atoms with Crippen LogP contribution in [-0.4, -0.2) is 34.0 Å². The van der Waals surface area contributed by atoms with Crippen molar-refractivity contribution < 1.29 is 0 Å². The molecule has 6 heteroatoms. The summed E-state index contributed by atoms with van der Waals surface area (Å²) in [6.07, 6.45) is 3.49. The van der Waals surface area contributed by atoms with Crippen LogP contribution < -0.4 is 10.2 Å². The minimum absolute atomic E-state index is 0.618. The predicted octanol–water partition coefficient (Wildman–Crippen LogP) is 1.25. The van der Waals surface area contributed by atoms with Gasteiger partial charge in [-0.3, -0.25) is 0 Å². The van der Waals surface area contributed by atoms with E-state index in [-0.39, 0.29) is 0 Å². The molecule has 94 valence electrons. The quantitative estimate of drug-likeness (QED) is 0.873. The number of anilines is 2. The summed E-state index contributed by atoms with van der Waals surface area (Å²) in [5, 5.41) is 3.22. The molecular weight excluding hydrogens is 228 g/mol. The Labute approximate surface area is 106 Å². The second-order valence-corrected chi connectivity index (χ2v) is 4.09. The van der Waals surface area contributed by atoms with Crippen LogP contribution in [0.25, 0.3) is 0 Å². The first-order valence-electron chi connectivity index (χ1n) is 5.68. The van der Waals surface area contributed by atoms with Crippen LogP contribution in [0.2, 0.25) is 0 Å². The number of hydrogen-bond acceptors (Lipinski definition) is 6. The molecule has 0 aliphatic rings. The molecule has 0 spiro atoms. The third-order valence-electron chi connectivity index (χ3n) is 2.33. The van der Waals surface area contributed by atoms with Crippen LogP contribution in [0.5, 0.6) is 0 Å². The largest absolute Gasteiger partial charge is 0.364 e. The van der Waals surface area contributed by atoms with E-state index in [9.17, 15) is 0 Å². The van der Waals surface area contributed by atoms with Gasteiger partial charge in [-0.25, -0.2) is 15.0 Å². The summed E-state index contributed by atoms with van der Waals surface area (Å²) in [4.78, 5) is 18.8. The standard InChI is InChI=1S/C12H16N6/c1-9-13-6-4-10(16-9)8-15-11-5-7-14-12(17-11)18(2)3/h4-7H,8H2,1-3H3,(H,14,15,17). The molecule has 0 radical (unpaired) electrons. The number of rotatable bonds is 4. The molecule has 2 rings (SSSR count). The van der Waals surface area contributed by atoms with Crippen LogP contribution in [0.3, 0.4) is 0 Å². The molecule has 18 heavy (non-hydrogen) atoms. The Hall–Kier alpha value is -2.24. The Morgan fingerprint density at radius 1 is 1.11 bits per heavy atom. The van der Waals surface area contributed by atoms with Gasteiger partial charge in [0.05, 0.1) is 12.2 Å². The predicted molar refractivity (Wildman–Crippen MR) is 70.5 cm³/mol. The highest BCUT2D eigenvalue weighted by Crippen LogP contribution is 2.08. The van der Waals surface area contributed by atoms with Crippen molar-refractivity contribution in [3.8, 4) is 0 Å². The van der Waals surface area contributed by atoms with E-state index in [0.717, 1.165) is 17.3 Å². The van der Waals surface area contributed by atoms with Crippen molar-refractivity contribution in [2.75, 3.05) is 24.3 Å². The molecule has 2 aromatic rings. The molecule has 0 aliphatic carbocycles. The zero-order valence-electron chi connectivity index (χ0n) is 10.8. The number of hydrogen-bond donors (Lipinski definition) is 1. The van der Waals surface area contributed by atoms with Gasteiger partial charge in [0.15, 0.2) is 0 Å². The normalized spacial score (nSPS) is 10.2. The van der Waals surface area contributed by atoms with E-state index >= 15 is 0 Å². The maximum atomic E-state index is 4.37. The first-order chi connectivity index (χ1) is 8.65. The Kier molecular flexibility index (Phi) is 3.66. The molecule has 1 N–H and O–H groups in total. The van der Waals surface area contributed by atoms with Crippen LogP contribution in [0.15, 0.2) is 24.5 Å². The SMILES string of the molecule is Cc1nccc(CNc2ccnc(N(C)C)n2)n1. The van der Waals surface area contributed by atoms with E-state index in [0.29, 0.717) is 12.5 Å². The van der Waals surface area contributed by atoms with E-state index < -0.39 is 0 Å². The third-order valence-corrected chi connectivity index (χ3v) is 2.33. The Morgan fingerprint density at radius 2 is 1.89 bits per heavy atom. The van der Waals surface area contributed by atoms with Gasteiger partial charge in [-0.05, 0) is 19.1 Å². The minimum atomic E-state index is 0.618. The number of aromatic nitrogens is 4. The topological polar surface area (TPSA) is 66.8 Å². The fourth-order valence-corrected chi connectivity index (χ4v) is 1.45. The smallest absolute Gasteiger partial charge is 0.226 e. The van der Waals surface area contributed by atoms with Crippen LogP contribution in [0.4, 0.5) is 11.8 Å². The Balaban J connectivity index is 2.04. The summed E-state index contributed by atoms with van der Waals surface area (Å²) < 4.78 is 0. The van der Waals surface area contributed by atoms with Gasteiger partial charge in [0.1, 0.15) is 11.6 Å². The lowest BCUT2D eigenvalue weighted by atomic mass is 10.4. The second kappa shape index (κ2) is 5.39. The summed E-state index contributed by atoms with van der Waals surface area (Å²) in [5.74, 6) is 2.23. The Morgan fingerprint density at radius 3 is 2.61 bits per heavy atom. The minimum Gasteiger partial charge on any atom is -0.364 e. The van der Waals surface area contributed by atoms with Crippen molar-refractivity contribution in [3.05, 3.63) is 36.0 Å². The molecule has 0 aromatic carbocycles. The maximum Gasteiger partial charge on any atom is 0.226 e. The maximum absolute atomic E-state index is 4.37. The van der Waals surface area contributed by atoms with Crippen molar-refractivity contribution in [3.63, 3.8) is 0 Å². The summed E-state index contributed by atoms with van der Waals surface area (Å²) >= 11 is 0. The van der Waals surface area contributed by atoms with Crippen molar-refractivity contribution in [2.24, 2.45) is 0 Å². The second-order valence-electron chi connectivity index (χ2n) is 4.09. The van der Waals surface area contributed by atoms with Crippen molar-refractivity contribution in [1.29, 1.82) is 0 Å². The molecule has 6 nitrogen and oxygen atoms in total. The van der Waals surface area contributed by atoms with E-state index in [4.69, 9.17) is 0 Å². The summed E-state index contributed by atoms with van der Waals surface area (Å²) in [6, 6.07) is 3.72. The van der Waals surface area contributed by atoms with Gasteiger partial charge in [0.2, 0.25) is 5.95 Å². The van der Waals surface area contributed by atoms with Gasteiger partial charge >= 0.3 is 0 Å². The molecular formula is C12H16N6. The average molecular weight is 244 g/mol. The Bertz CT molecular complexity index is 525. The molecule has 0 amide bonds. The molecule has 0 aliphatic heterocycles. The van der Waals surface area contributed by atoms with Crippen LogP contribution >= 0.6 is 0 Å². The lowest BCUT2D eigenvalue weighted by Gasteiger charge is -2.11. The first-order valence-corrected chi connectivity index (χ1v) is 5.68. The van der Waals surface area contributed by atoms with Gasteiger partial charge in [0, 0.05) is 26.5 Å². The molecule has 0 saturated carbocycles. The molecule has 0 saturated heterocycles. The van der Waals surface area contributed by atoms with Gasteiger partial charge in [0.25, 0.3) is 0 Å². The van der Waals surface area contributed by atoms with Gasteiger partial charge in [-0.2, -0.15) is 4.98 Å². The lowest BCUT2D eigenvalue weighted by Crippen LogP contribution is -2.13. The van der Waals surface area contributed by atoms with E-state index in [1.807, 2.05) is 38.1 Å². The number of nitrogens with one attached hydrogen (secondary N) is 1. The average Bonchev–Trinajstić information content (AvgIpc) is 2.37. The van der Waals surface area contributed by atoms with Gasteiger partial charge in [-0.15, -0.1) is 0 Å². The molecule has 2 heterocycles. The third kappa shape index (κ3) is 3.13. The van der Waals surface area contributed by atoms with Crippen LogP contribution in [0, 0.1) is 6.92 Å². The molecule has 0 bridgehead atoms. The van der Waals surface area contributed by atoms with Crippen LogP contribution in [-0.2, 0) is 6.54 Å². The summed E-state index contributed by atoms with van der Waals surface area (Å²) in [6.45, 7) is 2.49. The highest BCUT2D eigenvalue weighted by Gasteiger charge is 2.01. The first kappa shape index (κ1) is 12.2. The van der Waals surface area contributed by atoms with Gasteiger partial charge < -0.3 is 10.2 Å². The molecule has 2 aromatic heterocycles. The van der Waals surface area contributed by atoms with Crippen molar-refractivity contribution >= 4 is 11.8 Å². The number of aryl methyl sites for hydroxylation is 1. The molecule has 0 atom stereocenters. The van der Waals surface area contributed by atoms with Crippen molar-refractivity contribution in [1.82, 2.24) is 19.9 Å². The molecule has 0 fully saturated rings. The fourth-order valence-electron chi connectivity index (χ4n) is 1.45. The summed E-state index contributed by atoms with van der Waals surface area (Å²) in [7, 11) is 3.82. The van der Waals surface area contributed by atoms with E-state index in [1.165, 1.54) is 0 Å². The highest BCUT2D eigenvalue weighted by atomic mass is 15.2.